The van der Waals surface area contributed by atoms with E-state index in [0.29, 0.717) is 32.9 Å². The van der Waals surface area contributed by atoms with Crippen LogP contribution in [0.1, 0.15) is 40.0 Å². The summed E-state index contributed by atoms with van der Waals surface area (Å²) in [7, 11) is -0.241. The van der Waals surface area contributed by atoms with Crippen molar-refractivity contribution in [2.24, 2.45) is 11.5 Å². The summed E-state index contributed by atoms with van der Waals surface area (Å²) in [5.74, 6) is 0. The first-order valence-electron chi connectivity index (χ1n) is 10.2. The zero-order valence-electron chi connectivity index (χ0n) is 18.3. The minimum absolute atomic E-state index is 0.636. The molecule has 10 heteroatoms. The van der Waals surface area contributed by atoms with Crippen LogP contribution in [0.25, 0.3) is 0 Å². The fourth-order valence-electron chi connectivity index (χ4n) is 2.44. The van der Waals surface area contributed by atoms with E-state index in [-0.39, 0.29) is 0 Å². The Labute approximate surface area is 169 Å². The van der Waals surface area contributed by atoms with Gasteiger partial charge < -0.3 is 38.9 Å². The summed E-state index contributed by atoms with van der Waals surface area (Å²) in [6.45, 7) is 11.1. The highest BCUT2D eigenvalue weighted by Crippen LogP contribution is 2.17. The molecule has 0 unspecified atom stereocenters. The van der Waals surface area contributed by atoms with Crippen LogP contribution in [0.3, 0.4) is 0 Å². The monoisotopic (exact) mass is 427 g/mol. The van der Waals surface area contributed by atoms with Gasteiger partial charge >= 0.3 is 18.1 Å². The van der Waals surface area contributed by atoms with Crippen molar-refractivity contribution < 1.29 is 22.1 Å². The van der Waals surface area contributed by atoms with E-state index >= 15 is 0 Å². The zero-order valence-corrected chi connectivity index (χ0v) is 20.4. The van der Waals surface area contributed by atoms with Crippen molar-refractivity contribution in [3.05, 3.63) is 0 Å². The fraction of sp³-hybridized carbons (Fsp3) is 1.00. The molecule has 0 fully saturated rings. The number of hydrogen-bond donors (Lipinski definition) is 3. The molecule has 0 aromatic carbocycles. The van der Waals surface area contributed by atoms with Crippen LogP contribution in [-0.2, 0) is 22.1 Å². The predicted molar refractivity (Wildman–Crippen MR) is 116 cm³/mol. The maximum atomic E-state index is 5.65. The Morgan fingerprint density at radius 3 is 1.74 bits per heavy atom. The summed E-state index contributed by atoms with van der Waals surface area (Å²) < 4.78 is 27.4. The van der Waals surface area contributed by atoms with E-state index in [4.69, 9.17) is 33.6 Å². The Morgan fingerprint density at radius 1 is 0.778 bits per heavy atom. The molecule has 0 amide bonds. The quantitative estimate of drug-likeness (QED) is 0.221. The lowest BCUT2D eigenvalue weighted by molar-refractivity contribution is 0.0710. The van der Waals surface area contributed by atoms with E-state index in [1.165, 1.54) is 12.8 Å². The molecular weight excluding hydrogens is 382 g/mol. The van der Waals surface area contributed by atoms with Crippen LogP contribution in [0.5, 0.6) is 0 Å². The Kier molecular flexibility index (Phi) is 24.3. The molecule has 0 aromatic heterocycles. The van der Waals surface area contributed by atoms with E-state index in [1.807, 2.05) is 20.8 Å². The Hall–Kier alpha value is 0.114. The van der Waals surface area contributed by atoms with E-state index in [2.05, 4.69) is 5.32 Å². The van der Waals surface area contributed by atoms with Gasteiger partial charge in [-0.3, -0.25) is 0 Å². The largest absolute Gasteiger partial charge is 0.500 e. The highest BCUT2D eigenvalue weighted by molar-refractivity contribution is 6.60. The molecule has 0 aromatic rings. The van der Waals surface area contributed by atoms with Gasteiger partial charge in [-0.25, -0.2) is 0 Å². The van der Waals surface area contributed by atoms with Crippen LogP contribution < -0.4 is 16.8 Å². The number of rotatable bonds is 18. The molecule has 0 radical (unpaired) electrons. The molecule has 0 aliphatic carbocycles. The fourth-order valence-corrected chi connectivity index (χ4v) is 6.37. The van der Waals surface area contributed by atoms with Gasteiger partial charge in [0.05, 0.1) is 0 Å². The average Bonchev–Trinajstić information content (AvgIpc) is 2.67. The lowest BCUT2D eigenvalue weighted by atomic mass is 10.3. The summed E-state index contributed by atoms with van der Waals surface area (Å²) in [4.78, 5) is 0. The molecule has 0 saturated carbocycles. The molecule has 0 heterocycles. The maximum absolute atomic E-state index is 5.65. The third kappa shape index (κ3) is 17.9. The molecule has 8 nitrogen and oxygen atoms in total. The Balaban J connectivity index is 0. The Morgan fingerprint density at radius 2 is 1.33 bits per heavy atom. The molecule has 0 bridgehead atoms. The lowest BCUT2D eigenvalue weighted by Crippen LogP contribution is -2.46. The van der Waals surface area contributed by atoms with Gasteiger partial charge in [-0.2, -0.15) is 0 Å². The summed E-state index contributed by atoms with van der Waals surface area (Å²) in [6.07, 6.45) is 3.25. The molecule has 5 N–H and O–H groups in total. The SMILES string of the molecule is CCO[Si](CCCN)(OCC)OCC.CO[SiH](CCCCNCCN)OC. The zero-order chi connectivity index (χ0) is 20.8. The number of nitrogens with one attached hydrogen (secondary N) is 1. The number of nitrogens with two attached hydrogens (primary N) is 2. The van der Waals surface area contributed by atoms with E-state index < -0.39 is 18.1 Å². The van der Waals surface area contributed by atoms with Crippen LogP contribution in [-0.4, -0.2) is 78.3 Å². The van der Waals surface area contributed by atoms with Gasteiger partial charge in [-0.05, 0) is 52.7 Å². The Bertz CT molecular complexity index is 274. The van der Waals surface area contributed by atoms with Crippen molar-refractivity contribution >= 4 is 18.1 Å². The third-order valence-electron chi connectivity index (χ3n) is 3.67. The molecule has 0 saturated heterocycles. The van der Waals surface area contributed by atoms with Crippen molar-refractivity contribution in [2.45, 2.75) is 52.1 Å². The molecule has 0 aliphatic heterocycles. The van der Waals surface area contributed by atoms with Crippen LogP contribution in [0.2, 0.25) is 12.1 Å². The minimum atomic E-state index is -2.40. The number of hydrogen-bond acceptors (Lipinski definition) is 8. The molecule has 27 heavy (non-hydrogen) atoms. The second-order valence-corrected chi connectivity index (χ2v) is 10.9. The maximum Gasteiger partial charge on any atom is 0.500 e. The van der Waals surface area contributed by atoms with E-state index in [0.717, 1.165) is 31.6 Å². The van der Waals surface area contributed by atoms with Gasteiger partial charge in [0.25, 0.3) is 0 Å². The molecule has 0 aliphatic rings. The smallest absolute Gasteiger partial charge is 0.400 e. The summed E-state index contributed by atoms with van der Waals surface area (Å²) >= 11 is 0. The van der Waals surface area contributed by atoms with Gasteiger partial charge in [0.1, 0.15) is 0 Å². The highest BCUT2D eigenvalue weighted by Gasteiger charge is 2.39. The van der Waals surface area contributed by atoms with E-state index in [1.54, 1.807) is 14.2 Å². The highest BCUT2D eigenvalue weighted by atomic mass is 28.4. The standard InChI is InChI=1S/C9H23NO3Si.C8H22N2O2Si/c1-4-11-14(12-5-2,13-6-3)9-7-8-10;1-11-13(12-2)8-4-3-6-10-7-5-9/h4-10H2,1-3H3;10,13H,3-9H2,1-2H3. The molecule has 0 spiro atoms. The van der Waals surface area contributed by atoms with Crippen molar-refractivity contribution in [2.75, 3.05) is 60.2 Å². The minimum Gasteiger partial charge on any atom is -0.400 e. The van der Waals surface area contributed by atoms with Gasteiger partial charge in [0.15, 0.2) is 0 Å². The van der Waals surface area contributed by atoms with Crippen molar-refractivity contribution in [1.82, 2.24) is 5.32 Å². The summed E-state index contributed by atoms with van der Waals surface area (Å²) in [5, 5.41) is 3.25. The molecule has 166 valence electrons. The van der Waals surface area contributed by atoms with Crippen LogP contribution in [0.4, 0.5) is 0 Å². The van der Waals surface area contributed by atoms with Gasteiger partial charge in [-0.15, -0.1) is 0 Å². The first-order chi connectivity index (χ1) is 13.1. The normalized spacial score (nSPS) is 11.6. The van der Waals surface area contributed by atoms with E-state index in [9.17, 15) is 0 Å². The molecule has 0 rings (SSSR count). The van der Waals surface area contributed by atoms with Crippen LogP contribution in [0, 0.1) is 0 Å². The predicted octanol–water partition coefficient (Wildman–Crippen LogP) is 1.21. The third-order valence-corrected chi connectivity index (χ3v) is 8.75. The second-order valence-electron chi connectivity index (χ2n) is 5.81. The first-order valence-corrected chi connectivity index (χ1v) is 13.9. The average molecular weight is 428 g/mol. The van der Waals surface area contributed by atoms with Gasteiger partial charge in [0.2, 0.25) is 0 Å². The van der Waals surface area contributed by atoms with Gasteiger partial charge in [-0.1, -0.05) is 6.42 Å². The van der Waals surface area contributed by atoms with Crippen molar-refractivity contribution in [3.63, 3.8) is 0 Å². The topological polar surface area (TPSA) is 110 Å². The van der Waals surface area contributed by atoms with Gasteiger partial charge in [0, 0.05) is 53.2 Å². The van der Waals surface area contributed by atoms with Crippen LogP contribution >= 0.6 is 0 Å². The van der Waals surface area contributed by atoms with Crippen molar-refractivity contribution in [3.8, 4) is 0 Å². The second kappa shape index (κ2) is 22.4. The summed E-state index contributed by atoms with van der Waals surface area (Å²) in [5.41, 5.74) is 10.8. The van der Waals surface area contributed by atoms with Crippen LogP contribution in [0.15, 0.2) is 0 Å². The van der Waals surface area contributed by atoms with Crippen molar-refractivity contribution in [1.29, 1.82) is 0 Å². The molecular formula is C17H45N3O5Si2. The number of unbranched alkanes of at least 4 members (excludes halogenated alkanes) is 1. The summed E-state index contributed by atoms with van der Waals surface area (Å²) in [6, 6.07) is 1.91. The first kappa shape index (κ1) is 29.3. The molecule has 0 atom stereocenters. The lowest BCUT2D eigenvalue weighted by Gasteiger charge is -2.28.